The molecule has 37 heavy (non-hydrogen) atoms. The third kappa shape index (κ3) is 6.40. The van der Waals surface area contributed by atoms with Crippen molar-refractivity contribution in [2.75, 3.05) is 33.4 Å². The van der Waals surface area contributed by atoms with Gasteiger partial charge in [0.05, 0.1) is 36.4 Å². The lowest BCUT2D eigenvalue weighted by molar-refractivity contribution is -0.145. The van der Waals surface area contributed by atoms with E-state index in [9.17, 15) is 18.0 Å². The maximum atomic E-state index is 15.6. The molecule has 198 valence electrons. The Balaban J connectivity index is 1.58. The topological polar surface area (TPSA) is 89.5 Å². The van der Waals surface area contributed by atoms with Crippen LogP contribution in [0, 0.1) is 12.7 Å². The Bertz CT molecular complexity index is 1250. The molecule has 2 atom stereocenters. The van der Waals surface area contributed by atoms with Crippen molar-refractivity contribution in [2.45, 2.75) is 32.1 Å². The van der Waals surface area contributed by atoms with Crippen LogP contribution in [0.3, 0.4) is 0 Å². The second kappa shape index (κ2) is 11.1. The number of aromatic nitrogens is 3. The summed E-state index contributed by atoms with van der Waals surface area (Å²) < 4.78 is 65.3. The van der Waals surface area contributed by atoms with E-state index in [4.69, 9.17) is 9.47 Å². The van der Waals surface area contributed by atoms with Gasteiger partial charge in [-0.25, -0.2) is 19.3 Å². The van der Waals surface area contributed by atoms with E-state index in [-0.39, 0.29) is 35.1 Å². The van der Waals surface area contributed by atoms with E-state index in [1.54, 1.807) is 6.20 Å². The number of ether oxygens (including phenoxy) is 2. The van der Waals surface area contributed by atoms with Gasteiger partial charge < -0.3 is 14.8 Å². The van der Waals surface area contributed by atoms with E-state index in [2.05, 4.69) is 25.2 Å². The quantitative estimate of drug-likeness (QED) is 0.449. The number of nitrogens with zero attached hydrogens (tertiary/aromatic N) is 4. The molecule has 0 unspecified atom stereocenters. The Morgan fingerprint density at radius 3 is 2.62 bits per heavy atom. The predicted octanol–water partition coefficient (Wildman–Crippen LogP) is 4.27. The van der Waals surface area contributed by atoms with Crippen molar-refractivity contribution in [2.24, 2.45) is 0 Å². The van der Waals surface area contributed by atoms with Gasteiger partial charge in [-0.15, -0.1) is 11.3 Å². The maximum Gasteiger partial charge on any atom is 0.451 e. The second-order valence-electron chi connectivity index (χ2n) is 8.66. The van der Waals surface area contributed by atoms with Crippen LogP contribution in [0.15, 0.2) is 30.7 Å². The number of amides is 1. The number of nitrogens with one attached hydrogen (secondary N) is 1. The lowest BCUT2D eigenvalue weighted by atomic mass is 10.1. The molecule has 0 radical (unpaired) electrons. The van der Waals surface area contributed by atoms with Crippen molar-refractivity contribution in [3.63, 3.8) is 0 Å². The molecule has 3 aromatic rings. The molecule has 1 saturated heterocycles. The smallest absolute Gasteiger partial charge is 0.451 e. The van der Waals surface area contributed by atoms with Gasteiger partial charge in [-0.05, 0) is 33.0 Å². The summed E-state index contributed by atoms with van der Waals surface area (Å²) in [4.78, 5) is 26.9. The van der Waals surface area contributed by atoms with E-state index in [0.29, 0.717) is 18.2 Å². The first-order valence-corrected chi connectivity index (χ1v) is 12.2. The zero-order chi connectivity index (χ0) is 26.7. The van der Waals surface area contributed by atoms with Gasteiger partial charge in [0.15, 0.2) is 0 Å². The fourth-order valence-corrected chi connectivity index (χ4v) is 4.43. The summed E-state index contributed by atoms with van der Waals surface area (Å²) >= 11 is 1.27. The van der Waals surface area contributed by atoms with Gasteiger partial charge in [0.2, 0.25) is 5.82 Å². The minimum Gasteiger partial charge on any atom is -0.492 e. The fourth-order valence-electron chi connectivity index (χ4n) is 3.65. The number of carbonyl (C=O) groups excluding carboxylic acids is 1. The van der Waals surface area contributed by atoms with Crippen LogP contribution in [0.25, 0.3) is 10.6 Å². The van der Waals surface area contributed by atoms with Gasteiger partial charge in [0, 0.05) is 35.6 Å². The van der Waals surface area contributed by atoms with Crippen LogP contribution < -0.4 is 10.1 Å². The Kier molecular flexibility index (Phi) is 8.05. The summed E-state index contributed by atoms with van der Waals surface area (Å²) in [6, 6.07) is 1.99. The first-order chi connectivity index (χ1) is 17.5. The third-order valence-corrected chi connectivity index (χ3v) is 6.83. The van der Waals surface area contributed by atoms with Crippen molar-refractivity contribution < 1.29 is 31.8 Å². The van der Waals surface area contributed by atoms with Crippen molar-refractivity contribution in [1.29, 1.82) is 0 Å². The molecule has 1 aliphatic rings. The van der Waals surface area contributed by atoms with Gasteiger partial charge in [0.1, 0.15) is 23.2 Å². The summed E-state index contributed by atoms with van der Waals surface area (Å²) in [5.41, 5.74) is 0.0538. The molecule has 2 aromatic heterocycles. The lowest BCUT2D eigenvalue weighted by Crippen LogP contribution is -2.46. The van der Waals surface area contributed by atoms with E-state index >= 15 is 4.39 Å². The largest absolute Gasteiger partial charge is 0.492 e. The summed E-state index contributed by atoms with van der Waals surface area (Å²) in [6.45, 7) is 5.49. The molecule has 0 bridgehead atoms. The van der Waals surface area contributed by atoms with Crippen molar-refractivity contribution in [3.8, 4) is 16.3 Å². The van der Waals surface area contributed by atoms with Gasteiger partial charge in [-0.2, -0.15) is 13.2 Å². The monoisotopic (exact) mass is 539 g/mol. The number of halogens is 4. The molecule has 0 saturated carbocycles. The highest BCUT2D eigenvalue weighted by atomic mass is 32.1. The number of likely N-dealkylation sites (N-methyl/N-ethyl adjacent to an activating group) is 1. The Hall–Kier alpha value is -3.16. The minimum atomic E-state index is -4.68. The summed E-state index contributed by atoms with van der Waals surface area (Å²) in [5.74, 6) is -2.57. The number of hydrogen-bond acceptors (Lipinski definition) is 8. The molecular formula is C24H25F4N5O3S. The first kappa shape index (κ1) is 26.9. The molecule has 3 heterocycles. The highest BCUT2D eigenvalue weighted by Gasteiger charge is 2.34. The molecule has 0 aliphatic carbocycles. The normalized spacial score (nSPS) is 17.4. The van der Waals surface area contributed by atoms with Gasteiger partial charge >= 0.3 is 6.18 Å². The Morgan fingerprint density at radius 1 is 1.27 bits per heavy atom. The van der Waals surface area contributed by atoms with Crippen molar-refractivity contribution >= 4 is 17.2 Å². The maximum absolute atomic E-state index is 15.6. The van der Waals surface area contributed by atoms with Crippen LogP contribution in [0.2, 0.25) is 0 Å². The number of morpholine rings is 1. The summed E-state index contributed by atoms with van der Waals surface area (Å²) in [7, 11) is 1.95. The molecule has 1 aromatic carbocycles. The third-order valence-electron chi connectivity index (χ3n) is 5.88. The SMILES string of the molecule is Cc1cnc(-c2cc(OC[C@@H]3COCCN3C)cc(C(=O)N[C@H](C)c3cnc(C(F)(F)F)nc3)c2F)s1. The molecule has 4 rings (SSSR count). The number of rotatable bonds is 7. The summed E-state index contributed by atoms with van der Waals surface area (Å²) in [6.07, 6.45) is -1.13. The number of alkyl halides is 3. The molecule has 1 N–H and O–H groups in total. The number of aryl methyl sites for hydroxylation is 1. The van der Waals surface area contributed by atoms with Crippen LogP contribution in [0.5, 0.6) is 5.75 Å². The minimum absolute atomic E-state index is 0.0127. The number of carbonyl (C=O) groups is 1. The Morgan fingerprint density at radius 2 is 2.00 bits per heavy atom. The number of thiazole rings is 1. The second-order valence-corrected chi connectivity index (χ2v) is 9.90. The fraction of sp³-hybridized carbons (Fsp3) is 0.417. The van der Waals surface area contributed by atoms with E-state index < -0.39 is 29.8 Å². The molecule has 0 spiro atoms. The Labute approximate surface area is 214 Å². The highest BCUT2D eigenvalue weighted by Crippen LogP contribution is 2.33. The lowest BCUT2D eigenvalue weighted by Gasteiger charge is -2.32. The zero-order valence-electron chi connectivity index (χ0n) is 20.3. The number of hydrogen-bond donors (Lipinski definition) is 1. The van der Waals surface area contributed by atoms with Crippen LogP contribution >= 0.6 is 11.3 Å². The summed E-state index contributed by atoms with van der Waals surface area (Å²) in [5, 5.41) is 2.98. The molecule has 1 aliphatic heterocycles. The van der Waals surface area contributed by atoms with E-state index in [1.165, 1.54) is 30.4 Å². The van der Waals surface area contributed by atoms with Crippen molar-refractivity contribution in [3.05, 3.63) is 58.4 Å². The molecule has 1 fully saturated rings. The zero-order valence-corrected chi connectivity index (χ0v) is 21.1. The van der Waals surface area contributed by atoms with Crippen LogP contribution in [-0.2, 0) is 10.9 Å². The highest BCUT2D eigenvalue weighted by molar-refractivity contribution is 7.14. The molecule has 8 nitrogen and oxygen atoms in total. The van der Waals surface area contributed by atoms with Crippen LogP contribution in [-0.4, -0.2) is 65.2 Å². The van der Waals surface area contributed by atoms with Crippen molar-refractivity contribution in [1.82, 2.24) is 25.2 Å². The van der Waals surface area contributed by atoms with E-state index in [0.717, 1.165) is 23.8 Å². The molecule has 13 heteroatoms. The average Bonchev–Trinajstić information content (AvgIpc) is 3.29. The predicted molar refractivity (Wildman–Crippen MR) is 128 cm³/mol. The average molecular weight is 540 g/mol. The van der Waals surface area contributed by atoms with Gasteiger partial charge in [0.25, 0.3) is 5.91 Å². The van der Waals surface area contributed by atoms with Crippen LogP contribution in [0.4, 0.5) is 17.6 Å². The van der Waals surface area contributed by atoms with E-state index in [1.807, 2.05) is 14.0 Å². The molecule has 1 amide bonds. The molecular weight excluding hydrogens is 514 g/mol. The van der Waals surface area contributed by atoms with Gasteiger partial charge in [-0.1, -0.05) is 0 Å². The number of benzene rings is 1. The van der Waals surface area contributed by atoms with Crippen LogP contribution in [0.1, 0.15) is 39.6 Å². The standard InChI is InChI=1S/C24H25F4N5O3S/c1-13-8-29-22(37-13)19-7-17(36-12-16-11-35-5-4-33(16)3)6-18(20(19)25)21(34)32-14(2)15-9-30-23(31-10-15)24(26,27)28/h6-10,14,16H,4-5,11-12H2,1-3H3,(H,32,34)/t14-,16+/m1/s1. The van der Waals surface area contributed by atoms with Gasteiger partial charge in [-0.3, -0.25) is 9.69 Å². The first-order valence-electron chi connectivity index (χ1n) is 11.4.